The van der Waals surface area contributed by atoms with Gasteiger partial charge in [0.1, 0.15) is 0 Å². The first kappa shape index (κ1) is 23.6. The van der Waals surface area contributed by atoms with Crippen molar-refractivity contribution in [3.05, 3.63) is 41.0 Å². The molecule has 0 amide bonds. The van der Waals surface area contributed by atoms with Crippen molar-refractivity contribution >= 4 is 6.08 Å². The third-order valence-corrected chi connectivity index (χ3v) is 8.16. The summed E-state index contributed by atoms with van der Waals surface area (Å²) in [5.74, 6) is 3.95. The number of rotatable bonds is 10. The number of benzene rings is 1. The van der Waals surface area contributed by atoms with Crippen LogP contribution in [0.25, 0.3) is 6.08 Å². The zero-order chi connectivity index (χ0) is 21.2. The Morgan fingerprint density at radius 3 is 1.90 bits per heavy atom. The second-order valence-corrected chi connectivity index (χ2v) is 10.8. The highest BCUT2D eigenvalue weighted by atomic mass is 14.4. The van der Waals surface area contributed by atoms with Gasteiger partial charge < -0.3 is 0 Å². The molecule has 0 radical (unpaired) electrons. The number of hydrogen-bond acceptors (Lipinski definition) is 0. The molecule has 3 rings (SSSR count). The molecule has 2 aliphatic carbocycles. The Morgan fingerprint density at radius 1 is 0.733 bits per heavy atom. The molecule has 0 aromatic heterocycles. The molecule has 0 N–H and O–H groups in total. The SMILES string of the molecule is CCCCCCCCC1CCC(C2CCC(c3ccc(C=C(C)C)cc3)CC2)CC1. The summed E-state index contributed by atoms with van der Waals surface area (Å²) in [6.45, 7) is 6.67. The van der Waals surface area contributed by atoms with E-state index in [0.717, 1.165) is 23.7 Å². The average molecular weight is 409 g/mol. The number of hydrogen-bond donors (Lipinski definition) is 0. The summed E-state index contributed by atoms with van der Waals surface area (Å²) in [6.07, 6.45) is 24.5. The normalized spacial score (nSPS) is 27.0. The van der Waals surface area contributed by atoms with E-state index in [4.69, 9.17) is 0 Å². The minimum absolute atomic E-state index is 0.811. The summed E-state index contributed by atoms with van der Waals surface area (Å²) in [4.78, 5) is 0. The van der Waals surface area contributed by atoms with Crippen LogP contribution in [0.4, 0.5) is 0 Å². The van der Waals surface area contributed by atoms with Crippen LogP contribution in [0.15, 0.2) is 29.8 Å². The van der Waals surface area contributed by atoms with Crippen molar-refractivity contribution in [3.8, 4) is 0 Å². The monoisotopic (exact) mass is 408 g/mol. The van der Waals surface area contributed by atoms with Crippen LogP contribution in [0.1, 0.15) is 134 Å². The molecule has 2 saturated carbocycles. The van der Waals surface area contributed by atoms with Crippen molar-refractivity contribution in [2.24, 2.45) is 17.8 Å². The molecule has 0 nitrogen and oxygen atoms in total. The molecule has 0 bridgehead atoms. The van der Waals surface area contributed by atoms with Gasteiger partial charge in [0.25, 0.3) is 0 Å². The van der Waals surface area contributed by atoms with E-state index in [-0.39, 0.29) is 0 Å². The molecule has 0 heteroatoms. The molecule has 0 heterocycles. The van der Waals surface area contributed by atoms with E-state index >= 15 is 0 Å². The van der Waals surface area contributed by atoms with Gasteiger partial charge in [0, 0.05) is 0 Å². The van der Waals surface area contributed by atoms with Crippen molar-refractivity contribution in [3.63, 3.8) is 0 Å². The molecule has 2 fully saturated rings. The van der Waals surface area contributed by atoms with Gasteiger partial charge in [0.2, 0.25) is 0 Å². The predicted octanol–water partition coefficient (Wildman–Crippen LogP) is 9.94. The van der Waals surface area contributed by atoms with Crippen LogP contribution in [-0.4, -0.2) is 0 Å². The van der Waals surface area contributed by atoms with Gasteiger partial charge in [-0.3, -0.25) is 0 Å². The van der Waals surface area contributed by atoms with E-state index in [1.165, 1.54) is 107 Å². The third kappa shape index (κ3) is 7.58. The van der Waals surface area contributed by atoms with Crippen LogP contribution < -0.4 is 0 Å². The van der Waals surface area contributed by atoms with Gasteiger partial charge in [-0.2, -0.15) is 0 Å². The largest absolute Gasteiger partial charge is 0.0758 e. The second-order valence-electron chi connectivity index (χ2n) is 10.8. The molecule has 30 heavy (non-hydrogen) atoms. The minimum atomic E-state index is 0.811. The summed E-state index contributed by atoms with van der Waals surface area (Å²) < 4.78 is 0. The third-order valence-electron chi connectivity index (χ3n) is 8.16. The van der Waals surface area contributed by atoms with Crippen molar-refractivity contribution in [1.29, 1.82) is 0 Å². The van der Waals surface area contributed by atoms with Crippen LogP contribution in [0.2, 0.25) is 0 Å². The molecular weight excluding hydrogens is 360 g/mol. The zero-order valence-corrected chi connectivity index (χ0v) is 20.3. The lowest BCUT2D eigenvalue weighted by Crippen LogP contribution is -2.25. The van der Waals surface area contributed by atoms with Crippen LogP contribution in [0.5, 0.6) is 0 Å². The lowest BCUT2D eigenvalue weighted by Gasteiger charge is -2.38. The fraction of sp³-hybridized carbons (Fsp3) is 0.733. The highest BCUT2D eigenvalue weighted by Gasteiger charge is 2.31. The van der Waals surface area contributed by atoms with Gasteiger partial charge in [-0.05, 0) is 87.2 Å². The molecule has 0 saturated heterocycles. The first-order valence-electron chi connectivity index (χ1n) is 13.4. The van der Waals surface area contributed by atoms with Crippen LogP contribution in [0, 0.1) is 17.8 Å². The summed E-state index contributed by atoms with van der Waals surface area (Å²) in [5.41, 5.74) is 4.32. The van der Waals surface area contributed by atoms with Crippen molar-refractivity contribution in [2.45, 2.75) is 123 Å². The molecule has 0 atom stereocenters. The second kappa shape index (κ2) is 12.7. The Balaban J connectivity index is 1.33. The molecule has 0 spiro atoms. The predicted molar refractivity (Wildman–Crippen MR) is 134 cm³/mol. The van der Waals surface area contributed by atoms with Gasteiger partial charge in [-0.1, -0.05) is 101 Å². The number of allylic oxidation sites excluding steroid dienone is 1. The molecular formula is C30H48. The van der Waals surface area contributed by atoms with E-state index in [1.54, 1.807) is 5.56 Å². The Labute approximate surface area is 187 Å². The average Bonchev–Trinajstić information content (AvgIpc) is 2.77. The fourth-order valence-electron chi connectivity index (χ4n) is 6.28. The minimum Gasteiger partial charge on any atom is -0.0758 e. The van der Waals surface area contributed by atoms with E-state index in [0.29, 0.717) is 0 Å². The maximum absolute atomic E-state index is 2.40. The summed E-state index contributed by atoms with van der Waals surface area (Å²) in [7, 11) is 0. The smallest absolute Gasteiger partial charge is 0.0162 e. The first-order valence-corrected chi connectivity index (χ1v) is 13.4. The lowest BCUT2D eigenvalue weighted by molar-refractivity contribution is 0.155. The molecule has 1 aromatic carbocycles. The quantitative estimate of drug-likeness (QED) is 0.338. The molecule has 0 unspecified atom stereocenters. The Hall–Kier alpha value is -1.04. The molecule has 168 valence electrons. The number of unbranched alkanes of at least 4 members (excludes halogenated alkanes) is 5. The van der Waals surface area contributed by atoms with Crippen molar-refractivity contribution < 1.29 is 0 Å². The van der Waals surface area contributed by atoms with E-state index < -0.39 is 0 Å². The van der Waals surface area contributed by atoms with E-state index in [2.05, 4.69) is 51.1 Å². The van der Waals surface area contributed by atoms with Crippen molar-refractivity contribution in [1.82, 2.24) is 0 Å². The summed E-state index contributed by atoms with van der Waals surface area (Å²) >= 11 is 0. The fourth-order valence-corrected chi connectivity index (χ4v) is 6.28. The standard InChI is InChI=1S/C30H48/c1-4-5-6-7-8-9-10-25-11-15-27(16-12-25)29-19-21-30(22-20-29)28-17-13-26(14-18-28)23-24(2)3/h13-14,17-18,23,25,27,29-30H,4-12,15-16,19-22H2,1-3H3. The maximum Gasteiger partial charge on any atom is -0.0162 e. The van der Waals surface area contributed by atoms with Gasteiger partial charge in [-0.25, -0.2) is 0 Å². The first-order chi connectivity index (χ1) is 14.7. The molecule has 0 aliphatic heterocycles. The zero-order valence-electron chi connectivity index (χ0n) is 20.3. The van der Waals surface area contributed by atoms with Crippen LogP contribution >= 0.6 is 0 Å². The highest BCUT2D eigenvalue weighted by molar-refractivity contribution is 5.52. The van der Waals surface area contributed by atoms with E-state index in [9.17, 15) is 0 Å². The molecule has 1 aromatic rings. The maximum atomic E-state index is 2.40. The van der Waals surface area contributed by atoms with E-state index in [1.807, 2.05) is 0 Å². The summed E-state index contributed by atoms with van der Waals surface area (Å²) in [6, 6.07) is 9.43. The van der Waals surface area contributed by atoms with Gasteiger partial charge in [-0.15, -0.1) is 0 Å². The van der Waals surface area contributed by atoms with Crippen LogP contribution in [0.3, 0.4) is 0 Å². The van der Waals surface area contributed by atoms with Crippen molar-refractivity contribution in [2.75, 3.05) is 0 Å². The molecule has 2 aliphatic rings. The Kier molecular flexibility index (Phi) is 10.0. The van der Waals surface area contributed by atoms with Crippen LogP contribution in [-0.2, 0) is 0 Å². The van der Waals surface area contributed by atoms with Gasteiger partial charge in [0.15, 0.2) is 0 Å². The van der Waals surface area contributed by atoms with Gasteiger partial charge in [0.05, 0.1) is 0 Å². The Morgan fingerprint density at radius 2 is 1.30 bits per heavy atom. The van der Waals surface area contributed by atoms with Gasteiger partial charge >= 0.3 is 0 Å². The topological polar surface area (TPSA) is 0 Å². The Bertz CT molecular complexity index is 602. The lowest BCUT2D eigenvalue weighted by atomic mass is 9.68. The highest BCUT2D eigenvalue weighted by Crippen LogP contribution is 2.44. The summed E-state index contributed by atoms with van der Waals surface area (Å²) in [5, 5.41) is 0.